The molecule has 2 heterocycles. The maximum absolute atomic E-state index is 11.9. The van der Waals surface area contributed by atoms with Crippen LogP contribution in [0.25, 0.3) is 22.1 Å². The highest BCUT2D eigenvalue weighted by Crippen LogP contribution is 2.33. The van der Waals surface area contributed by atoms with Crippen LogP contribution in [0.4, 0.5) is 0 Å². The summed E-state index contributed by atoms with van der Waals surface area (Å²) in [6, 6.07) is 9.50. The van der Waals surface area contributed by atoms with E-state index in [-0.39, 0.29) is 18.6 Å². The molecule has 0 aliphatic heterocycles. The fourth-order valence-corrected chi connectivity index (χ4v) is 3.05. The van der Waals surface area contributed by atoms with Crippen molar-refractivity contribution in [1.29, 1.82) is 0 Å². The van der Waals surface area contributed by atoms with E-state index in [0.29, 0.717) is 4.88 Å². The number of hydrogen-bond acceptors (Lipinski definition) is 4. The number of aliphatic carboxylic acids is 1. The first kappa shape index (κ1) is 13.6. The van der Waals surface area contributed by atoms with Gasteiger partial charge in [-0.05, 0) is 23.1 Å². The Balaban J connectivity index is 1.88. The second-order valence-corrected chi connectivity index (χ2v) is 5.57. The largest absolute Gasteiger partial charge is 0.481 e. The Hall–Kier alpha value is -2.40. The van der Waals surface area contributed by atoms with Gasteiger partial charge < -0.3 is 9.52 Å². The van der Waals surface area contributed by atoms with E-state index in [1.807, 2.05) is 29.6 Å². The Kier molecular flexibility index (Phi) is 3.58. The molecular weight excluding hydrogens is 288 g/mol. The minimum Gasteiger partial charge on any atom is -0.481 e. The number of Topliss-reactive ketones (excluding diaryl/α,β-unsaturated/α-hetero) is 1. The summed E-state index contributed by atoms with van der Waals surface area (Å²) in [5, 5.41) is 11.5. The third-order valence-corrected chi connectivity index (χ3v) is 4.20. The van der Waals surface area contributed by atoms with Gasteiger partial charge in [-0.2, -0.15) is 0 Å². The first-order valence-electron chi connectivity index (χ1n) is 6.45. The van der Waals surface area contributed by atoms with E-state index in [9.17, 15) is 9.59 Å². The normalized spacial score (nSPS) is 10.9. The number of carbonyl (C=O) groups is 2. The predicted octanol–water partition coefficient (Wildman–Crippen LogP) is 4.21. The molecule has 0 aliphatic carbocycles. The van der Waals surface area contributed by atoms with Crippen molar-refractivity contribution in [2.75, 3.05) is 0 Å². The summed E-state index contributed by atoms with van der Waals surface area (Å²) in [5.41, 5.74) is 2.67. The zero-order chi connectivity index (χ0) is 14.8. The number of benzene rings is 1. The molecule has 21 heavy (non-hydrogen) atoms. The molecule has 2 aromatic heterocycles. The summed E-state index contributed by atoms with van der Waals surface area (Å²) in [6.07, 6.45) is 1.57. The highest BCUT2D eigenvalue weighted by atomic mass is 32.1. The lowest BCUT2D eigenvalue weighted by Gasteiger charge is -1.94. The molecule has 0 unspecified atom stereocenters. The summed E-state index contributed by atoms with van der Waals surface area (Å²) < 4.78 is 5.49. The van der Waals surface area contributed by atoms with E-state index in [0.717, 1.165) is 22.1 Å². The number of thiophene rings is 1. The maximum atomic E-state index is 11.9. The fraction of sp³-hybridized carbons (Fsp3) is 0.125. The van der Waals surface area contributed by atoms with E-state index in [2.05, 4.69) is 0 Å². The molecule has 0 spiro atoms. The standard InChI is InChI=1S/C16H12O4S/c17-13(5-6-16(18)19)15-7-10(9-21-15)12-8-20-14-4-2-1-3-11(12)14/h1-4,7-9H,5-6H2,(H,18,19). The molecule has 5 heteroatoms. The quantitative estimate of drug-likeness (QED) is 0.717. The van der Waals surface area contributed by atoms with E-state index in [1.54, 1.807) is 12.3 Å². The van der Waals surface area contributed by atoms with Crippen molar-refractivity contribution in [3.8, 4) is 11.1 Å². The number of carboxylic acids is 1. The van der Waals surface area contributed by atoms with Gasteiger partial charge in [0, 0.05) is 17.4 Å². The Morgan fingerprint density at radius 3 is 2.81 bits per heavy atom. The molecule has 0 fully saturated rings. The van der Waals surface area contributed by atoms with E-state index < -0.39 is 5.97 Å². The minimum atomic E-state index is -0.957. The summed E-state index contributed by atoms with van der Waals surface area (Å²) in [7, 11) is 0. The molecule has 4 nitrogen and oxygen atoms in total. The Morgan fingerprint density at radius 1 is 1.19 bits per heavy atom. The Labute approximate surface area is 124 Å². The summed E-state index contributed by atoms with van der Waals surface area (Å²) in [4.78, 5) is 23.0. The third kappa shape index (κ3) is 2.73. The van der Waals surface area contributed by atoms with Crippen LogP contribution in [0.3, 0.4) is 0 Å². The zero-order valence-electron chi connectivity index (χ0n) is 11.0. The molecule has 1 aromatic carbocycles. The molecule has 0 amide bonds. The average Bonchev–Trinajstić information content (AvgIpc) is 3.10. The number of rotatable bonds is 5. The number of carbonyl (C=O) groups excluding carboxylic acids is 1. The number of hydrogen-bond donors (Lipinski definition) is 1. The van der Waals surface area contributed by atoms with Gasteiger partial charge in [-0.15, -0.1) is 11.3 Å². The predicted molar refractivity (Wildman–Crippen MR) is 80.7 cm³/mol. The van der Waals surface area contributed by atoms with Crippen molar-refractivity contribution in [2.24, 2.45) is 0 Å². The second kappa shape index (κ2) is 5.54. The minimum absolute atomic E-state index is 0.0292. The van der Waals surface area contributed by atoms with Gasteiger partial charge in [0.1, 0.15) is 5.58 Å². The average molecular weight is 300 g/mol. The van der Waals surface area contributed by atoms with Crippen LogP contribution in [0.1, 0.15) is 22.5 Å². The van der Waals surface area contributed by atoms with Gasteiger partial charge in [0.25, 0.3) is 0 Å². The number of carboxylic acid groups (broad SMARTS) is 1. The molecular formula is C16H12O4S. The number of ketones is 1. The van der Waals surface area contributed by atoms with E-state index >= 15 is 0 Å². The second-order valence-electron chi connectivity index (χ2n) is 4.66. The molecule has 106 valence electrons. The summed E-state index contributed by atoms with van der Waals surface area (Å²) in [6.45, 7) is 0. The van der Waals surface area contributed by atoms with Gasteiger partial charge in [0.15, 0.2) is 5.78 Å². The van der Waals surface area contributed by atoms with Crippen LogP contribution in [0, 0.1) is 0 Å². The van der Waals surface area contributed by atoms with Crippen molar-refractivity contribution >= 4 is 34.1 Å². The Bertz CT molecular complexity index is 812. The molecule has 3 aromatic rings. The van der Waals surface area contributed by atoms with E-state index in [4.69, 9.17) is 9.52 Å². The van der Waals surface area contributed by atoms with Crippen molar-refractivity contribution in [2.45, 2.75) is 12.8 Å². The number of furan rings is 1. The van der Waals surface area contributed by atoms with Crippen molar-refractivity contribution in [1.82, 2.24) is 0 Å². The lowest BCUT2D eigenvalue weighted by atomic mass is 10.1. The topological polar surface area (TPSA) is 67.5 Å². The third-order valence-electron chi connectivity index (χ3n) is 3.23. The van der Waals surface area contributed by atoms with Gasteiger partial charge in [-0.3, -0.25) is 9.59 Å². The molecule has 1 N–H and O–H groups in total. The maximum Gasteiger partial charge on any atom is 0.303 e. The summed E-state index contributed by atoms with van der Waals surface area (Å²) in [5.74, 6) is -1.09. The van der Waals surface area contributed by atoms with Crippen molar-refractivity contribution in [3.63, 3.8) is 0 Å². The van der Waals surface area contributed by atoms with Crippen LogP contribution in [-0.2, 0) is 4.79 Å². The smallest absolute Gasteiger partial charge is 0.303 e. The van der Waals surface area contributed by atoms with Crippen LogP contribution in [0.2, 0.25) is 0 Å². The van der Waals surface area contributed by atoms with Crippen molar-refractivity contribution < 1.29 is 19.1 Å². The van der Waals surface area contributed by atoms with Gasteiger partial charge in [-0.1, -0.05) is 18.2 Å². The summed E-state index contributed by atoms with van der Waals surface area (Å²) >= 11 is 1.33. The van der Waals surface area contributed by atoms with Gasteiger partial charge in [0.05, 0.1) is 17.6 Å². The highest BCUT2D eigenvalue weighted by Gasteiger charge is 2.14. The van der Waals surface area contributed by atoms with Crippen LogP contribution < -0.4 is 0 Å². The van der Waals surface area contributed by atoms with Crippen LogP contribution >= 0.6 is 11.3 Å². The number of fused-ring (bicyclic) bond motifs is 1. The zero-order valence-corrected chi connectivity index (χ0v) is 11.9. The fourth-order valence-electron chi connectivity index (χ4n) is 2.17. The first-order valence-corrected chi connectivity index (χ1v) is 7.33. The first-order chi connectivity index (χ1) is 10.1. The van der Waals surface area contributed by atoms with Gasteiger partial charge in [0.2, 0.25) is 0 Å². The Morgan fingerprint density at radius 2 is 2.00 bits per heavy atom. The lowest BCUT2D eigenvalue weighted by Crippen LogP contribution is -2.01. The molecule has 0 saturated carbocycles. The molecule has 0 bridgehead atoms. The van der Waals surface area contributed by atoms with Gasteiger partial charge in [-0.25, -0.2) is 0 Å². The number of para-hydroxylation sites is 1. The highest BCUT2D eigenvalue weighted by molar-refractivity contribution is 7.12. The SMILES string of the molecule is O=C(O)CCC(=O)c1cc(-c2coc3ccccc23)cs1. The molecule has 0 atom stereocenters. The molecule has 0 saturated heterocycles. The van der Waals surface area contributed by atoms with Crippen molar-refractivity contribution in [3.05, 3.63) is 46.9 Å². The molecule has 0 aliphatic rings. The van der Waals surface area contributed by atoms with Crippen LogP contribution in [0.5, 0.6) is 0 Å². The monoisotopic (exact) mass is 300 g/mol. The molecule has 3 rings (SSSR count). The van der Waals surface area contributed by atoms with Crippen LogP contribution in [-0.4, -0.2) is 16.9 Å². The van der Waals surface area contributed by atoms with Crippen LogP contribution in [0.15, 0.2) is 46.4 Å². The van der Waals surface area contributed by atoms with E-state index in [1.165, 1.54) is 11.3 Å². The molecule has 0 radical (unpaired) electrons. The van der Waals surface area contributed by atoms with Gasteiger partial charge >= 0.3 is 5.97 Å². The lowest BCUT2D eigenvalue weighted by molar-refractivity contribution is -0.136.